The average Bonchev–Trinajstić information content (AvgIpc) is 3.09. The fourth-order valence-corrected chi connectivity index (χ4v) is 3.86. The summed E-state index contributed by atoms with van der Waals surface area (Å²) in [6, 6.07) is 8.61. The van der Waals surface area contributed by atoms with Crippen molar-refractivity contribution >= 4 is 40.8 Å². The van der Waals surface area contributed by atoms with Crippen molar-refractivity contribution in [3.63, 3.8) is 0 Å². The Kier molecular flexibility index (Phi) is 6.28. The van der Waals surface area contributed by atoms with Crippen molar-refractivity contribution in [2.75, 3.05) is 21.3 Å². The molecule has 3 rings (SSSR count). The van der Waals surface area contributed by atoms with Crippen LogP contribution >= 0.6 is 34.5 Å². The number of benzene rings is 2. The lowest BCUT2D eigenvalue weighted by atomic mass is 10.2. The van der Waals surface area contributed by atoms with Gasteiger partial charge in [-0.15, -0.1) is 11.3 Å². The van der Waals surface area contributed by atoms with E-state index in [0.717, 1.165) is 11.3 Å². The molecule has 0 saturated heterocycles. The van der Waals surface area contributed by atoms with Crippen LogP contribution in [0.25, 0.3) is 11.3 Å². The van der Waals surface area contributed by atoms with Gasteiger partial charge < -0.3 is 14.6 Å². The normalized spacial score (nSPS) is 12.0. The van der Waals surface area contributed by atoms with Crippen LogP contribution in [0.4, 0.5) is 0 Å². The van der Waals surface area contributed by atoms with Gasteiger partial charge in [0.15, 0.2) is 11.5 Å². The highest BCUT2D eigenvalue weighted by Crippen LogP contribution is 2.36. The number of aromatic nitrogens is 1. The fraction of sp³-hybridized carbons (Fsp3) is 0.158. The number of thiazole rings is 1. The number of hydrogen-bond acceptors (Lipinski definition) is 6. The molecule has 0 aliphatic carbocycles. The third-order valence-electron chi connectivity index (χ3n) is 3.91. The van der Waals surface area contributed by atoms with Crippen LogP contribution in [0.2, 0.25) is 10.0 Å². The quantitative estimate of drug-likeness (QED) is 0.590. The fourth-order valence-electron chi connectivity index (χ4n) is 2.56. The number of halogens is 2. The minimum atomic E-state index is -0.0665. The molecule has 1 N–H and O–H groups in total. The minimum absolute atomic E-state index is 0.0665. The van der Waals surface area contributed by atoms with Crippen LogP contribution in [0.1, 0.15) is 5.56 Å². The highest BCUT2D eigenvalue weighted by molar-refractivity contribution is 7.07. The maximum atomic E-state index is 10.1. The predicted molar refractivity (Wildman–Crippen MR) is 113 cm³/mol. The highest BCUT2D eigenvalue weighted by Gasteiger charge is 2.13. The topological polar surface area (TPSA) is 68.3 Å². The Balaban J connectivity index is 2.09. The second-order valence-corrected chi connectivity index (χ2v) is 7.26. The van der Waals surface area contributed by atoms with E-state index in [2.05, 4.69) is 10.1 Å². The molecular weight excluding hydrogens is 421 g/mol. The lowest BCUT2D eigenvalue weighted by molar-refractivity contribution is 0.340. The maximum absolute atomic E-state index is 10.1. The highest BCUT2D eigenvalue weighted by atomic mass is 35.5. The first kappa shape index (κ1) is 20.3. The zero-order valence-corrected chi connectivity index (χ0v) is 17.6. The molecule has 0 amide bonds. The number of hydrogen-bond donors (Lipinski definition) is 1. The van der Waals surface area contributed by atoms with Gasteiger partial charge >= 0.3 is 0 Å². The molecular formula is C19H17Cl2N3O3S. The summed E-state index contributed by atoms with van der Waals surface area (Å²) in [6.07, 6.45) is 1.62. The second-order valence-electron chi connectivity index (χ2n) is 5.58. The van der Waals surface area contributed by atoms with E-state index in [9.17, 15) is 5.11 Å². The summed E-state index contributed by atoms with van der Waals surface area (Å²) in [6.45, 7) is 0. The average molecular weight is 438 g/mol. The third-order valence-corrected chi connectivity index (χ3v) is 5.36. The smallest absolute Gasteiger partial charge is 0.205 e. The predicted octanol–water partition coefficient (Wildman–Crippen LogP) is 4.66. The molecule has 3 aromatic rings. The Morgan fingerprint density at radius 3 is 2.36 bits per heavy atom. The van der Waals surface area contributed by atoms with E-state index in [0.29, 0.717) is 20.4 Å². The Bertz CT molecular complexity index is 1080. The molecule has 1 heterocycles. The van der Waals surface area contributed by atoms with Crippen molar-refractivity contribution in [1.29, 1.82) is 0 Å². The number of methoxy groups -OCH3 is 2. The largest absolute Gasteiger partial charge is 0.502 e. The molecule has 2 aromatic carbocycles. The Morgan fingerprint density at radius 2 is 1.79 bits per heavy atom. The van der Waals surface area contributed by atoms with Gasteiger partial charge in [-0.3, -0.25) is 4.99 Å². The van der Waals surface area contributed by atoms with Crippen molar-refractivity contribution in [2.45, 2.75) is 0 Å². The monoisotopic (exact) mass is 437 g/mol. The van der Waals surface area contributed by atoms with Gasteiger partial charge in [0.2, 0.25) is 10.6 Å². The molecule has 1 aromatic heterocycles. The first-order valence-corrected chi connectivity index (χ1v) is 9.70. The maximum Gasteiger partial charge on any atom is 0.205 e. The lowest BCUT2D eigenvalue weighted by Gasteiger charge is -2.09. The molecule has 6 nitrogen and oxygen atoms in total. The van der Waals surface area contributed by atoms with Crippen LogP contribution in [-0.2, 0) is 0 Å². The first-order chi connectivity index (χ1) is 13.5. The van der Waals surface area contributed by atoms with Crippen LogP contribution in [-0.4, -0.2) is 37.3 Å². The number of phenolic OH excluding ortho intramolecular Hbond substituents is 1. The molecule has 0 saturated carbocycles. The van der Waals surface area contributed by atoms with Gasteiger partial charge in [-0.25, -0.2) is 4.68 Å². The molecule has 146 valence electrons. The number of rotatable bonds is 5. The molecule has 0 unspecified atom stereocenters. The summed E-state index contributed by atoms with van der Waals surface area (Å²) in [5, 5.41) is 17.6. The van der Waals surface area contributed by atoms with Crippen LogP contribution in [0, 0.1) is 0 Å². The third kappa shape index (κ3) is 4.01. The van der Waals surface area contributed by atoms with Crippen molar-refractivity contribution in [3.05, 3.63) is 56.1 Å². The summed E-state index contributed by atoms with van der Waals surface area (Å²) in [5.41, 5.74) is 2.25. The van der Waals surface area contributed by atoms with E-state index in [1.165, 1.54) is 25.6 Å². The van der Waals surface area contributed by atoms with Gasteiger partial charge in [-0.1, -0.05) is 23.2 Å². The molecule has 0 atom stereocenters. The number of phenols is 1. The molecule has 0 spiro atoms. The first-order valence-electron chi connectivity index (χ1n) is 8.06. The van der Waals surface area contributed by atoms with Gasteiger partial charge in [0.05, 0.1) is 31.2 Å². The molecule has 0 radical (unpaired) electrons. The number of aromatic hydroxyl groups is 1. The lowest BCUT2D eigenvalue weighted by Crippen LogP contribution is -2.11. The molecule has 9 heteroatoms. The van der Waals surface area contributed by atoms with Crippen molar-refractivity contribution in [2.24, 2.45) is 10.1 Å². The van der Waals surface area contributed by atoms with Gasteiger partial charge in [-0.2, -0.15) is 5.10 Å². The van der Waals surface area contributed by atoms with Gasteiger partial charge in [0, 0.05) is 28.6 Å². The molecule has 0 aliphatic heterocycles. The van der Waals surface area contributed by atoms with Crippen LogP contribution < -0.4 is 14.3 Å². The zero-order valence-electron chi connectivity index (χ0n) is 15.3. The van der Waals surface area contributed by atoms with E-state index >= 15 is 0 Å². The SMILES string of the molecule is CN=c1scc(-c2ccc(Cl)cc2Cl)n1N=Cc1cc(OC)c(O)c(OC)c1. The molecule has 0 fully saturated rings. The summed E-state index contributed by atoms with van der Waals surface area (Å²) >= 11 is 13.8. The van der Waals surface area contributed by atoms with E-state index < -0.39 is 0 Å². The molecule has 0 bridgehead atoms. The van der Waals surface area contributed by atoms with Crippen LogP contribution in [0.15, 0.2) is 45.8 Å². The van der Waals surface area contributed by atoms with Crippen LogP contribution in [0.3, 0.4) is 0 Å². The van der Waals surface area contributed by atoms with Gasteiger partial charge in [0.25, 0.3) is 0 Å². The molecule has 0 aliphatic rings. The second kappa shape index (κ2) is 8.68. The number of nitrogens with zero attached hydrogens (tertiary/aromatic N) is 3. The van der Waals surface area contributed by atoms with Gasteiger partial charge in [0.1, 0.15) is 0 Å². The van der Waals surface area contributed by atoms with Crippen LogP contribution in [0.5, 0.6) is 17.2 Å². The van der Waals surface area contributed by atoms with E-state index in [1.54, 1.807) is 42.2 Å². The molecule has 28 heavy (non-hydrogen) atoms. The van der Waals surface area contributed by atoms with Gasteiger partial charge in [-0.05, 0) is 30.3 Å². The van der Waals surface area contributed by atoms with Crippen molar-refractivity contribution in [1.82, 2.24) is 4.68 Å². The summed E-state index contributed by atoms with van der Waals surface area (Å²) < 4.78 is 12.1. The van der Waals surface area contributed by atoms with Crippen molar-refractivity contribution < 1.29 is 14.6 Å². The van der Waals surface area contributed by atoms with E-state index in [1.807, 2.05) is 11.4 Å². The van der Waals surface area contributed by atoms with Crippen molar-refractivity contribution in [3.8, 4) is 28.5 Å². The number of ether oxygens (including phenoxy) is 2. The summed E-state index contributed by atoms with van der Waals surface area (Å²) in [4.78, 5) is 4.96. The standard InChI is InChI=1S/C19H17Cl2N3O3S/c1-22-19-24(15(10-28-19)13-5-4-12(20)8-14(13)21)23-9-11-6-16(26-2)18(25)17(7-11)27-3/h4-10,25H,1-3H3. The summed E-state index contributed by atoms with van der Waals surface area (Å²) in [7, 11) is 4.63. The minimum Gasteiger partial charge on any atom is -0.502 e. The Labute approximate surface area is 175 Å². The zero-order chi connectivity index (χ0) is 20.3. The van der Waals surface area contributed by atoms with E-state index in [4.69, 9.17) is 32.7 Å². The Morgan fingerprint density at radius 1 is 1.11 bits per heavy atom. The Hall–Kier alpha value is -2.48. The summed E-state index contributed by atoms with van der Waals surface area (Å²) in [5.74, 6) is 0.512. The van der Waals surface area contributed by atoms with E-state index in [-0.39, 0.29) is 17.2 Å².